The average Bonchev–Trinajstić information content (AvgIpc) is 3.36. The largest absolute Gasteiger partial charge is 0.508 e. The smallest absolute Gasteiger partial charge is 0.318 e. The number of anilines is 2. The number of aryl methyl sites for hydroxylation is 1. The van der Waals surface area contributed by atoms with Crippen LogP contribution in [-0.4, -0.2) is 66.5 Å². The molecule has 10 heteroatoms. The maximum absolute atomic E-state index is 14.9. The summed E-state index contributed by atoms with van der Waals surface area (Å²) in [6, 6.07) is 6.63. The third kappa shape index (κ3) is 4.87. The highest BCUT2D eigenvalue weighted by Crippen LogP contribution is 2.41. The molecule has 3 aliphatic rings. The minimum absolute atomic E-state index is 0.00760. The lowest BCUT2D eigenvalue weighted by Gasteiger charge is -2.24. The summed E-state index contributed by atoms with van der Waals surface area (Å²) in [7, 11) is 0. The predicted octanol–water partition coefficient (Wildman–Crippen LogP) is 3.80. The van der Waals surface area contributed by atoms with Gasteiger partial charge in [-0.3, -0.25) is 4.79 Å². The number of ether oxygens (including phenoxy) is 2. The quantitative estimate of drug-likeness (QED) is 0.492. The van der Waals surface area contributed by atoms with Gasteiger partial charge < -0.3 is 29.7 Å². The van der Waals surface area contributed by atoms with Gasteiger partial charge in [-0.05, 0) is 54.8 Å². The molecule has 1 aromatic heterocycles. The molecule has 0 bridgehead atoms. The number of nitrogens with one attached hydrogen (secondary N) is 1. The minimum atomic E-state index is -0.336. The van der Waals surface area contributed by atoms with E-state index in [-0.39, 0.29) is 36.1 Å². The Hall–Kier alpha value is -3.50. The summed E-state index contributed by atoms with van der Waals surface area (Å²) in [6.45, 7) is 8.13. The number of aromatic hydroxyl groups is 1. The molecule has 2 saturated heterocycles. The number of halogens is 1. The molecule has 4 heterocycles. The first-order valence-electron chi connectivity index (χ1n) is 13.8. The Bertz CT molecular complexity index is 1410. The van der Waals surface area contributed by atoms with Crippen molar-refractivity contribution < 1.29 is 23.8 Å². The lowest BCUT2D eigenvalue weighted by molar-refractivity contribution is 0.0997. The third-order valence-corrected chi connectivity index (χ3v) is 7.86. The van der Waals surface area contributed by atoms with Gasteiger partial charge >= 0.3 is 6.01 Å². The van der Waals surface area contributed by atoms with E-state index in [0.29, 0.717) is 84.3 Å². The Morgan fingerprint density at radius 2 is 2.10 bits per heavy atom. The summed E-state index contributed by atoms with van der Waals surface area (Å²) < 4.78 is 26.6. The van der Waals surface area contributed by atoms with E-state index in [1.807, 2.05) is 6.92 Å². The van der Waals surface area contributed by atoms with Gasteiger partial charge in [0.1, 0.15) is 29.6 Å². The standard InChI is InChI=1S/C29H34FN5O4/c1-3-21-22(30)6-5-18-12-20(36)13-24(25(18)21)35-15-23-26(28(35)37)27(34-7-4-9-38-10-8-34)33-29(32-23)39-16-19-11-17(2)14-31-19/h5-6,12-13,17,19,31,36H,3-4,7-11,14-16H2,1-2H3. The van der Waals surface area contributed by atoms with E-state index in [9.17, 15) is 14.3 Å². The molecule has 2 fully saturated rings. The van der Waals surface area contributed by atoms with Crippen molar-refractivity contribution in [3.8, 4) is 11.8 Å². The number of hydrogen-bond acceptors (Lipinski definition) is 8. The molecule has 0 saturated carbocycles. The first-order valence-corrected chi connectivity index (χ1v) is 13.8. The number of benzene rings is 2. The van der Waals surface area contributed by atoms with Crippen molar-refractivity contribution in [1.82, 2.24) is 15.3 Å². The predicted molar refractivity (Wildman–Crippen MR) is 146 cm³/mol. The van der Waals surface area contributed by atoms with Crippen LogP contribution >= 0.6 is 0 Å². The highest BCUT2D eigenvalue weighted by Gasteiger charge is 2.37. The van der Waals surface area contributed by atoms with Crippen LogP contribution in [0.5, 0.6) is 11.8 Å². The Morgan fingerprint density at radius 3 is 2.90 bits per heavy atom. The first kappa shape index (κ1) is 25.8. The van der Waals surface area contributed by atoms with Gasteiger partial charge in [0.15, 0.2) is 0 Å². The highest BCUT2D eigenvalue weighted by molar-refractivity contribution is 6.16. The number of rotatable bonds is 6. The Labute approximate surface area is 226 Å². The molecule has 3 aromatic rings. The Kier molecular flexibility index (Phi) is 6.99. The fraction of sp³-hybridized carbons (Fsp3) is 0.483. The van der Waals surface area contributed by atoms with E-state index in [1.54, 1.807) is 17.0 Å². The maximum atomic E-state index is 14.9. The molecule has 2 aromatic carbocycles. The van der Waals surface area contributed by atoms with Crippen molar-refractivity contribution in [3.05, 3.63) is 46.9 Å². The van der Waals surface area contributed by atoms with Gasteiger partial charge in [0.25, 0.3) is 5.91 Å². The average molecular weight is 536 g/mol. The summed E-state index contributed by atoms with van der Waals surface area (Å²) in [6.07, 6.45) is 2.28. The van der Waals surface area contributed by atoms with Crippen LogP contribution in [-0.2, 0) is 17.7 Å². The molecule has 1 amide bonds. The van der Waals surface area contributed by atoms with E-state index >= 15 is 0 Å². The van der Waals surface area contributed by atoms with E-state index in [2.05, 4.69) is 22.1 Å². The molecule has 0 aliphatic carbocycles. The minimum Gasteiger partial charge on any atom is -0.508 e. The van der Waals surface area contributed by atoms with Crippen LogP contribution < -0.4 is 19.9 Å². The van der Waals surface area contributed by atoms with Crippen molar-refractivity contribution in [2.45, 2.75) is 45.7 Å². The van der Waals surface area contributed by atoms with E-state index < -0.39 is 0 Å². The number of phenolic OH excluding ortho intramolecular Hbond substituents is 1. The number of nitrogens with zero attached hydrogens (tertiary/aromatic N) is 4. The topological polar surface area (TPSA) is 100 Å². The van der Waals surface area contributed by atoms with E-state index in [1.165, 1.54) is 12.1 Å². The van der Waals surface area contributed by atoms with Gasteiger partial charge in [-0.15, -0.1) is 0 Å². The first-order chi connectivity index (χ1) is 18.9. The van der Waals surface area contributed by atoms with Gasteiger partial charge in [-0.1, -0.05) is 19.9 Å². The van der Waals surface area contributed by atoms with Gasteiger partial charge in [0.2, 0.25) is 0 Å². The van der Waals surface area contributed by atoms with Crippen LogP contribution in [0.15, 0.2) is 24.3 Å². The number of phenols is 1. The molecule has 2 N–H and O–H groups in total. The van der Waals surface area contributed by atoms with Crippen molar-refractivity contribution >= 4 is 28.2 Å². The molecule has 0 radical (unpaired) electrons. The normalized spacial score (nSPS) is 21.5. The molecular formula is C29H34FN5O4. The third-order valence-electron chi connectivity index (χ3n) is 7.86. The van der Waals surface area contributed by atoms with Gasteiger partial charge in [0.05, 0.1) is 24.5 Å². The lowest BCUT2D eigenvalue weighted by atomic mass is 9.99. The summed E-state index contributed by atoms with van der Waals surface area (Å²) in [5.74, 6) is 0.520. The summed E-state index contributed by atoms with van der Waals surface area (Å²) >= 11 is 0. The zero-order chi connectivity index (χ0) is 27.1. The number of aromatic nitrogens is 2. The summed E-state index contributed by atoms with van der Waals surface area (Å²) in [5.41, 5.74) is 1.94. The second kappa shape index (κ2) is 10.6. The van der Waals surface area contributed by atoms with Gasteiger partial charge in [-0.25, -0.2) is 4.39 Å². The number of fused-ring (bicyclic) bond motifs is 2. The SMILES string of the molecule is CCc1c(F)ccc2cc(O)cc(N3Cc4nc(OCC5CC(C)CN5)nc(N5CCCOCC5)c4C3=O)c12. The van der Waals surface area contributed by atoms with Gasteiger partial charge in [0, 0.05) is 37.2 Å². The van der Waals surface area contributed by atoms with Crippen LogP contribution in [0.4, 0.5) is 15.9 Å². The number of carbonyl (C=O) groups excluding carboxylic acids is 1. The summed E-state index contributed by atoms with van der Waals surface area (Å²) in [5, 5.41) is 15.3. The fourth-order valence-electron chi connectivity index (χ4n) is 5.97. The highest BCUT2D eigenvalue weighted by atomic mass is 19.1. The molecule has 9 nitrogen and oxygen atoms in total. The second-order valence-corrected chi connectivity index (χ2v) is 10.7. The Balaban J connectivity index is 1.41. The number of hydrogen-bond donors (Lipinski definition) is 2. The maximum Gasteiger partial charge on any atom is 0.318 e. The van der Waals surface area contributed by atoms with Crippen LogP contribution in [0.3, 0.4) is 0 Å². The summed E-state index contributed by atoms with van der Waals surface area (Å²) in [4.78, 5) is 27.1. The molecule has 6 rings (SSSR count). The fourth-order valence-corrected chi connectivity index (χ4v) is 5.97. The number of amides is 1. The monoisotopic (exact) mass is 535 g/mol. The van der Waals surface area contributed by atoms with Gasteiger partial charge in [-0.2, -0.15) is 9.97 Å². The van der Waals surface area contributed by atoms with Crippen molar-refractivity contribution in [2.24, 2.45) is 5.92 Å². The van der Waals surface area contributed by atoms with Crippen molar-refractivity contribution in [2.75, 3.05) is 49.3 Å². The van der Waals surface area contributed by atoms with Crippen molar-refractivity contribution in [1.29, 1.82) is 0 Å². The molecule has 206 valence electrons. The van der Waals surface area contributed by atoms with Crippen LogP contribution in [0.25, 0.3) is 10.8 Å². The molecule has 2 atom stereocenters. The van der Waals surface area contributed by atoms with Crippen LogP contribution in [0, 0.1) is 11.7 Å². The zero-order valence-electron chi connectivity index (χ0n) is 22.4. The zero-order valence-corrected chi connectivity index (χ0v) is 22.4. The molecule has 0 spiro atoms. The van der Waals surface area contributed by atoms with Crippen LogP contribution in [0.2, 0.25) is 0 Å². The van der Waals surface area contributed by atoms with Crippen molar-refractivity contribution in [3.63, 3.8) is 0 Å². The van der Waals surface area contributed by atoms with Crippen LogP contribution in [0.1, 0.15) is 48.3 Å². The lowest BCUT2D eigenvalue weighted by Crippen LogP contribution is -2.31. The molecular weight excluding hydrogens is 501 g/mol. The Morgan fingerprint density at radius 1 is 1.23 bits per heavy atom. The second-order valence-electron chi connectivity index (χ2n) is 10.7. The van der Waals surface area contributed by atoms with E-state index in [0.717, 1.165) is 19.4 Å². The van der Waals surface area contributed by atoms with E-state index in [4.69, 9.17) is 14.5 Å². The number of carbonyl (C=O) groups is 1. The molecule has 3 aliphatic heterocycles. The molecule has 39 heavy (non-hydrogen) atoms. The molecule has 2 unspecified atom stereocenters.